The Morgan fingerprint density at radius 3 is 2.78 bits per heavy atom. The third-order valence-electron chi connectivity index (χ3n) is 4.63. The number of nitrogens with one attached hydrogen (secondary N) is 2. The first-order chi connectivity index (χ1) is 13.0. The number of rotatable bonds is 4. The Kier molecular flexibility index (Phi) is 4.68. The van der Waals surface area contributed by atoms with Gasteiger partial charge in [-0.15, -0.1) is 0 Å². The van der Waals surface area contributed by atoms with E-state index in [-0.39, 0.29) is 11.6 Å². The highest BCUT2D eigenvalue weighted by atomic mass is 35.5. The first-order valence-corrected chi connectivity index (χ1v) is 9.19. The Morgan fingerprint density at radius 2 is 2.00 bits per heavy atom. The standard InChI is InChI=1S/C20H20ClN5O/c1-12-7-13(2)26(25-12)18-6-5-17(21)19(24-18)20(27)23-9-14-3-4-15-10-22-11-16(15)8-14/h3-8,22H,9-11H2,1-2H3,(H,23,27). The Balaban J connectivity index is 1.53. The van der Waals surface area contributed by atoms with Crippen molar-refractivity contribution in [1.29, 1.82) is 0 Å². The summed E-state index contributed by atoms with van der Waals surface area (Å²) < 4.78 is 1.70. The van der Waals surface area contributed by atoms with Gasteiger partial charge in [0.2, 0.25) is 0 Å². The summed E-state index contributed by atoms with van der Waals surface area (Å²) in [6, 6.07) is 11.6. The summed E-state index contributed by atoms with van der Waals surface area (Å²) in [6.45, 7) is 6.06. The third kappa shape index (κ3) is 3.59. The quantitative estimate of drug-likeness (QED) is 0.728. The van der Waals surface area contributed by atoms with Crippen LogP contribution in [0, 0.1) is 13.8 Å². The molecule has 4 rings (SSSR count). The summed E-state index contributed by atoms with van der Waals surface area (Å²) in [5, 5.41) is 11.0. The molecule has 0 radical (unpaired) electrons. The summed E-state index contributed by atoms with van der Waals surface area (Å²) in [7, 11) is 0. The summed E-state index contributed by atoms with van der Waals surface area (Å²) in [5.41, 5.74) is 5.68. The van der Waals surface area contributed by atoms with Crippen LogP contribution in [0.5, 0.6) is 0 Å². The zero-order valence-corrected chi connectivity index (χ0v) is 16.0. The zero-order valence-electron chi connectivity index (χ0n) is 15.2. The molecule has 7 heteroatoms. The lowest BCUT2D eigenvalue weighted by atomic mass is 10.1. The van der Waals surface area contributed by atoms with Crippen molar-refractivity contribution < 1.29 is 4.79 Å². The average Bonchev–Trinajstić information content (AvgIpc) is 3.25. The van der Waals surface area contributed by atoms with Gasteiger partial charge in [0.05, 0.1) is 10.7 Å². The number of benzene rings is 1. The number of hydrogen-bond acceptors (Lipinski definition) is 4. The van der Waals surface area contributed by atoms with Crippen molar-refractivity contribution in [2.24, 2.45) is 0 Å². The molecule has 3 heterocycles. The van der Waals surface area contributed by atoms with Crippen LogP contribution in [-0.2, 0) is 19.6 Å². The molecule has 0 aliphatic carbocycles. The van der Waals surface area contributed by atoms with E-state index in [1.165, 1.54) is 11.1 Å². The molecule has 27 heavy (non-hydrogen) atoms. The predicted molar refractivity (Wildman–Crippen MR) is 104 cm³/mol. The fourth-order valence-electron chi connectivity index (χ4n) is 3.29. The second-order valence-corrected chi connectivity index (χ2v) is 7.14. The second-order valence-electron chi connectivity index (χ2n) is 6.73. The number of carbonyl (C=O) groups excluding carboxylic acids is 1. The second kappa shape index (κ2) is 7.13. The molecule has 3 aromatic rings. The molecule has 6 nitrogen and oxygen atoms in total. The monoisotopic (exact) mass is 381 g/mol. The van der Waals surface area contributed by atoms with Crippen molar-refractivity contribution in [3.05, 3.63) is 75.2 Å². The fraction of sp³-hybridized carbons (Fsp3) is 0.250. The zero-order chi connectivity index (χ0) is 19.0. The van der Waals surface area contributed by atoms with Crippen LogP contribution in [0.2, 0.25) is 5.02 Å². The largest absolute Gasteiger partial charge is 0.347 e. The maximum absolute atomic E-state index is 12.6. The van der Waals surface area contributed by atoms with Gasteiger partial charge in [-0.1, -0.05) is 29.8 Å². The highest BCUT2D eigenvalue weighted by Crippen LogP contribution is 2.19. The van der Waals surface area contributed by atoms with Crippen molar-refractivity contribution in [1.82, 2.24) is 25.4 Å². The van der Waals surface area contributed by atoms with Crippen molar-refractivity contribution in [3.63, 3.8) is 0 Å². The molecule has 0 bridgehead atoms. The normalized spacial score (nSPS) is 12.9. The molecule has 0 spiro atoms. The molecule has 1 aliphatic rings. The van der Waals surface area contributed by atoms with Gasteiger partial charge in [-0.25, -0.2) is 9.67 Å². The number of hydrogen-bond donors (Lipinski definition) is 2. The van der Waals surface area contributed by atoms with Crippen LogP contribution < -0.4 is 10.6 Å². The Labute approximate surface area is 162 Å². The lowest BCUT2D eigenvalue weighted by Crippen LogP contribution is -2.25. The lowest BCUT2D eigenvalue weighted by molar-refractivity contribution is 0.0946. The van der Waals surface area contributed by atoms with Crippen LogP contribution in [0.4, 0.5) is 0 Å². The molecular formula is C20H20ClN5O. The molecule has 138 valence electrons. The van der Waals surface area contributed by atoms with Crippen molar-refractivity contribution in [2.75, 3.05) is 0 Å². The van der Waals surface area contributed by atoms with Gasteiger partial charge < -0.3 is 10.6 Å². The number of fused-ring (bicyclic) bond motifs is 1. The van der Waals surface area contributed by atoms with Crippen LogP contribution >= 0.6 is 11.6 Å². The minimum Gasteiger partial charge on any atom is -0.347 e. The maximum atomic E-state index is 12.6. The van der Waals surface area contributed by atoms with Crippen molar-refractivity contribution in [3.8, 4) is 5.82 Å². The molecule has 0 saturated carbocycles. The van der Waals surface area contributed by atoms with E-state index in [2.05, 4.69) is 32.8 Å². The molecule has 0 fully saturated rings. The number of aryl methyl sites for hydroxylation is 2. The lowest BCUT2D eigenvalue weighted by Gasteiger charge is -2.10. The van der Waals surface area contributed by atoms with E-state index in [1.54, 1.807) is 16.8 Å². The first-order valence-electron chi connectivity index (χ1n) is 8.81. The molecule has 1 amide bonds. The van der Waals surface area contributed by atoms with Gasteiger partial charge in [0.15, 0.2) is 5.82 Å². The highest BCUT2D eigenvalue weighted by molar-refractivity contribution is 6.33. The van der Waals surface area contributed by atoms with Gasteiger partial charge in [0, 0.05) is 25.3 Å². The maximum Gasteiger partial charge on any atom is 0.271 e. The Hall–Kier alpha value is -2.70. The van der Waals surface area contributed by atoms with Crippen LogP contribution in [0.3, 0.4) is 0 Å². The van der Waals surface area contributed by atoms with Crippen molar-refractivity contribution >= 4 is 17.5 Å². The smallest absolute Gasteiger partial charge is 0.271 e. The van der Waals surface area contributed by atoms with Crippen molar-refractivity contribution in [2.45, 2.75) is 33.5 Å². The molecule has 2 aromatic heterocycles. The van der Waals surface area contributed by atoms with E-state index >= 15 is 0 Å². The SMILES string of the molecule is Cc1cc(C)n(-c2ccc(Cl)c(C(=O)NCc3ccc4c(c3)CNC4)n2)n1. The number of aromatic nitrogens is 3. The van der Waals surface area contributed by atoms with Gasteiger partial charge in [0.25, 0.3) is 5.91 Å². The summed E-state index contributed by atoms with van der Waals surface area (Å²) >= 11 is 6.22. The summed E-state index contributed by atoms with van der Waals surface area (Å²) in [6.07, 6.45) is 0. The van der Waals surface area contributed by atoms with Gasteiger partial charge in [0.1, 0.15) is 5.69 Å². The van der Waals surface area contributed by atoms with Crippen LogP contribution in [-0.4, -0.2) is 20.7 Å². The van der Waals surface area contributed by atoms with E-state index in [4.69, 9.17) is 11.6 Å². The molecule has 2 N–H and O–H groups in total. The van der Waals surface area contributed by atoms with Gasteiger partial charge >= 0.3 is 0 Å². The van der Waals surface area contributed by atoms with Crippen LogP contribution in [0.15, 0.2) is 36.4 Å². The minimum absolute atomic E-state index is 0.199. The molecule has 1 aliphatic heterocycles. The molecule has 0 saturated heterocycles. The van der Waals surface area contributed by atoms with Gasteiger partial charge in [-0.3, -0.25) is 4.79 Å². The predicted octanol–water partition coefficient (Wildman–Crippen LogP) is 3.07. The van der Waals surface area contributed by atoms with E-state index in [0.717, 1.165) is 30.0 Å². The molecular weight excluding hydrogens is 362 g/mol. The minimum atomic E-state index is -0.304. The topological polar surface area (TPSA) is 71.8 Å². The highest BCUT2D eigenvalue weighted by Gasteiger charge is 2.16. The van der Waals surface area contributed by atoms with E-state index < -0.39 is 0 Å². The van der Waals surface area contributed by atoms with Gasteiger partial charge in [-0.05, 0) is 48.7 Å². The first kappa shape index (κ1) is 17.7. The molecule has 0 unspecified atom stereocenters. The van der Waals surface area contributed by atoms with E-state index in [9.17, 15) is 4.79 Å². The number of halogens is 1. The summed E-state index contributed by atoms with van der Waals surface area (Å²) in [5.74, 6) is 0.265. The van der Waals surface area contributed by atoms with Crippen LogP contribution in [0.1, 0.15) is 38.6 Å². The molecule has 0 atom stereocenters. The number of pyridine rings is 1. The molecule has 1 aromatic carbocycles. The van der Waals surface area contributed by atoms with E-state index in [1.807, 2.05) is 26.0 Å². The number of carbonyl (C=O) groups is 1. The average molecular weight is 382 g/mol. The third-order valence-corrected chi connectivity index (χ3v) is 4.93. The van der Waals surface area contributed by atoms with Crippen LogP contribution in [0.25, 0.3) is 5.82 Å². The summed E-state index contributed by atoms with van der Waals surface area (Å²) in [4.78, 5) is 17.1. The Bertz CT molecular complexity index is 1030. The Morgan fingerprint density at radius 1 is 1.19 bits per heavy atom. The number of amides is 1. The fourth-order valence-corrected chi connectivity index (χ4v) is 3.49. The van der Waals surface area contributed by atoms with E-state index in [0.29, 0.717) is 17.4 Å². The number of nitrogens with zero attached hydrogens (tertiary/aromatic N) is 3. The van der Waals surface area contributed by atoms with Gasteiger partial charge in [-0.2, -0.15) is 5.10 Å².